The first-order chi connectivity index (χ1) is 34.3. The Bertz CT molecular complexity index is 1940. The summed E-state index contributed by atoms with van der Waals surface area (Å²) in [6.45, 7) is 20.3. The van der Waals surface area contributed by atoms with Crippen molar-refractivity contribution in [2.45, 2.75) is 175 Å². The van der Waals surface area contributed by atoms with Gasteiger partial charge in [-0.05, 0) is 102 Å². The normalized spacial score (nSPS) is 27.4. The number of carbonyl (C=O) groups excluding carboxylic acids is 6. The zero-order valence-electron chi connectivity index (χ0n) is 45.5. The van der Waals surface area contributed by atoms with Gasteiger partial charge in [0.2, 0.25) is 5.79 Å². The molecule has 0 aromatic carbocycles. The highest BCUT2D eigenvalue weighted by molar-refractivity contribution is 6.38. The third-order valence-corrected chi connectivity index (χ3v) is 15.5. The molecule has 2 heterocycles. The van der Waals surface area contributed by atoms with Gasteiger partial charge in [-0.15, -0.1) is 0 Å². The van der Waals surface area contributed by atoms with Gasteiger partial charge in [-0.2, -0.15) is 0 Å². The molecular formula is C56H89NO16. The monoisotopic (exact) mass is 1030 g/mol. The largest absolute Gasteiger partial charge is 0.461 e. The zero-order valence-corrected chi connectivity index (χ0v) is 45.5. The van der Waals surface area contributed by atoms with Gasteiger partial charge in [-0.3, -0.25) is 28.8 Å². The maximum absolute atomic E-state index is 14.3. The molecule has 1 unspecified atom stereocenters. The maximum Gasteiger partial charge on any atom is 0.316 e. The van der Waals surface area contributed by atoms with Crippen LogP contribution in [0.15, 0.2) is 48.6 Å². The molecule has 4 N–H and O–H groups in total. The molecule has 15 atom stereocenters. The Morgan fingerprint density at radius 3 is 2.19 bits per heavy atom. The van der Waals surface area contributed by atoms with Crippen molar-refractivity contribution < 1.29 is 77.6 Å². The van der Waals surface area contributed by atoms with Gasteiger partial charge < -0.3 is 53.7 Å². The Balaban J connectivity index is 1.84. The Kier molecular flexibility index (Phi) is 25.5. The quantitative estimate of drug-likeness (QED) is 0.0298. The molecule has 3 fully saturated rings. The number of allylic oxidation sites excluding steroid dienone is 4. The first-order valence-corrected chi connectivity index (χ1v) is 26.2. The molecule has 3 rings (SSSR count). The molecule has 17 nitrogen and oxygen atoms in total. The first-order valence-electron chi connectivity index (χ1n) is 26.2. The van der Waals surface area contributed by atoms with Crippen LogP contribution in [0, 0.1) is 46.8 Å². The van der Waals surface area contributed by atoms with E-state index in [9.17, 15) is 49.2 Å². The molecule has 414 valence electrons. The summed E-state index contributed by atoms with van der Waals surface area (Å²) >= 11 is 0. The summed E-state index contributed by atoms with van der Waals surface area (Å²) in [5.74, 6) is -9.53. The maximum atomic E-state index is 14.3. The minimum absolute atomic E-state index is 0.0142. The third kappa shape index (κ3) is 17.3. The second-order valence-corrected chi connectivity index (χ2v) is 21.7. The number of amides is 1. The topological polar surface area (TPSA) is 242 Å². The van der Waals surface area contributed by atoms with Gasteiger partial charge in [0.25, 0.3) is 11.7 Å². The second-order valence-electron chi connectivity index (χ2n) is 21.7. The molecule has 3 aliphatic rings. The lowest BCUT2D eigenvalue weighted by Gasteiger charge is -2.42. The van der Waals surface area contributed by atoms with Crippen LogP contribution in [0.5, 0.6) is 0 Å². The number of aliphatic hydroxyl groups is 4. The SMILES string of the molecule is C=C/C=C/[C@@H](C)C[C@@H](C)C(=O)[C@H](OC)[C@H](O)/C(C)=C/[C@@H](C)C(=O)C[C@H](OC(=O)C1CCCN(C(=O)C(=O)[C@]2(O)O[C@H](C[C@H](OC)C(=C)C)CC[C@H]2C)C1)[C@H](C)C[C@@H]1CC[C@@H](OC(=O)C(C)(CO)CO)[C@H](OC)C1. The van der Waals surface area contributed by atoms with Gasteiger partial charge in [0.05, 0.1) is 37.4 Å². The van der Waals surface area contributed by atoms with Crippen molar-refractivity contribution in [3.05, 3.63) is 48.6 Å². The minimum atomic E-state index is -2.39. The molecule has 2 aliphatic heterocycles. The summed E-state index contributed by atoms with van der Waals surface area (Å²) in [6, 6.07) is 0. The number of methoxy groups -OCH3 is 3. The number of esters is 2. The number of aliphatic hydroxyl groups excluding tert-OH is 3. The molecule has 0 aromatic rings. The van der Waals surface area contributed by atoms with Gasteiger partial charge in [-0.25, -0.2) is 0 Å². The average molecular weight is 1030 g/mol. The lowest BCUT2D eigenvalue weighted by molar-refractivity contribution is -0.265. The number of ketones is 3. The molecule has 0 spiro atoms. The first kappa shape index (κ1) is 63.4. The van der Waals surface area contributed by atoms with Gasteiger partial charge in [0.15, 0.2) is 5.78 Å². The fourth-order valence-corrected chi connectivity index (χ4v) is 10.3. The van der Waals surface area contributed by atoms with Crippen LogP contribution >= 0.6 is 0 Å². The molecule has 2 saturated heterocycles. The predicted octanol–water partition coefficient (Wildman–Crippen LogP) is 5.83. The highest BCUT2D eigenvalue weighted by Crippen LogP contribution is 2.38. The van der Waals surface area contributed by atoms with E-state index in [1.54, 1.807) is 39.8 Å². The van der Waals surface area contributed by atoms with E-state index in [2.05, 4.69) is 13.2 Å². The molecule has 17 heteroatoms. The minimum Gasteiger partial charge on any atom is -0.461 e. The number of Topliss-reactive ketones (excluding diaryl/α,β-unsaturated/α-hetero) is 3. The van der Waals surface area contributed by atoms with Gasteiger partial charge in [-0.1, -0.05) is 77.7 Å². The van der Waals surface area contributed by atoms with E-state index in [1.807, 2.05) is 32.9 Å². The number of hydrogen-bond donors (Lipinski definition) is 4. The predicted molar refractivity (Wildman–Crippen MR) is 273 cm³/mol. The summed E-state index contributed by atoms with van der Waals surface area (Å²) < 4.78 is 34.8. The van der Waals surface area contributed by atoms with Crippen LogP contribution in [0.1, 0.15) is 126 Å². The van der Waals surface area contributed by atoms with E-state index in [1.165, 1.54) is 33.2 Å². The van der Waals surface area contributed by atoms with Crippen molar-refractivity contribution in [3.63, 3.8) is 0 Å². The lowest BCUT2D eigenvalue weighted by Crippen LogP contribution is -2.59. The number of rotatable bonds is 29. The van der Waals surface area contributed by atoms with E-state index in [0.29, 0.717) is 69.8 Å². The highest BCUT2D eigenvalue weighted by Gasteiger charge is 2.52. The lowest BCUT2D eigenvalue weighted by atomic mass is 9.78. The molecule has 1 aliphatic carbocycles. The van der Waals surface area contributed by atoms with Gasteiger partial charge in [0, 0.05) is 65.0 Å². The number of carbonyl (C=O) groups is 6. The fraction of sp³-hybridized carbons (Fsp3) is 0.750. The Hall–Kier alpha value is -3.94. The summed E-state index contributed by atoms with van der Waals surface area (Å²) in [5, 5.41) is 42.6. The van der Waals surface area contributed by atoms with Crippen LogP contribution in [0.25, 0.3) is 0 Å². The smallest absolute Gasteiger partial charge is 0.316 e. The van der Waals surface area contributed by atoms with E-state index < -0.39 is 114 Å². The summed E-state index contributed by atoms with van der Waals surface area (Å²) in [7, 11) is 4.40. The van der Waals surface area contributed by atoms with Crippen LogP contribution in [0.4, 0.5) is 0 Å². The van der Waals surface area contributed by atoms with Crippen molar-refractivity contribution in [1.29, 1.82) is 0 Å². The third-order valence-electron chi connectivity index (χ3n) is 15.5. The molecule has 73 heavy (non-hydrogen) atoms. The van der Waals surface area contributed by atoms with Crippen LogP contribution in [0.3, 0.4) is 0 Å². The molecule has 1 saturated carbocycles. The van der Waals surface area contributed by atoms with E-state index in [-0.39, 0.29) is 49.0 Å². The standard InChI is InChI=1S/C56H89NO16/c1-14-15-17-34(4)24-37(7)48(61)50(70-13)49(62)38(8)25-35(5)43(60)29-46(36(6)26-40-20-22-44(47(27-40)69-12)72-54(66)55(10,31-58)32-59)71-53(65)41-18-16-23-57(30-41)52(64)51(63)56(67)39(9)19-21-42(73-56)28-45(68-11)33(2)3/h14-15,17,25,34-37,39-42,44-47,49-50,58-59,62,67H,1-2,16,18-24,26-32H2,3-13H3/b17-15+,38-25+/t34-,35-,36-,37-,39-,40+,41?,42+,44-,45+,46+,47-,49-,50+,56-/m1/s1. The Morgan fingerprint density at radius 2 is 1.60 bits per heavy atom. The average Bonchev–Trinajstić information content (AvgIpc) is 3.37. The van der Waals surface area contributed by atoms with Gasteiger partial charge >= 0.3 is 11.9 Å². The fourth-order valence-electron chi connectivity index (χ4n) is 10.3. The number of nitrogens with zero attached hydrogens (tertiary/aromatic N) is 1. The van der Waals surface area contributed by atoms with Crippen molar-refractivity contribution >= 4 is 35.2 Å². The van der Waals surface area contributed by atoms with Crippen LogP contribution in [-0.4, -0.2) is 157 Å². The van der Waals surface area contributed by atoms with Crippen LogP contribution in [0.2, 0.25) is 0 Å². The Morgan fingerprint density at radius 1 is 0.932 bits per heavy atom. The molecular weight excluding hydrogens is 943 g/mol. The molecule has 0 bridgehead atoms. The molecule has 0 radical (unpaired) electrons. The van der Waals surface area contributed by atoms with E-state index in [4.69, 9.17) is 28.4 Å². The van der Waals surface area contributed by atoms with Crippen LogP contribution < -0.4 is 0 Å². The number of ether oxygens (including phenoxy) is 6. The van der Waals surface area contributed by atoms with Crippen molar-refractivity contribution in [3.8, 4) is 0 Å². The number of likely N-dealkylation sites (tertiary alicyclic amines) is 1. The van der Waals surface area contributed by atoms with Crippen molar-refractivity contribution in [2.24, 2.45) is 46.8 Å². The summed E-state index contributed by atoms with van der Waals surface area (Å²) in [4.78, 5) is 84.0. The Labute approximate surface area is 434 Å². The number of piperidine rings is 1. The van der Waals surface area contributed by atoms with Crippen molar-refractivity contribution in [1.82, 2.24) is 4.90 Å². The van der Waals surface area contributed by atoms with Crippen LogP contribution in [-0.2, 0) is 57.2 Å². The van der Waals surface area contributed by atoms with Crippen molar-refractivity contribution in [2.75, 3.05) is 47.6 Å². The van der Waals surface area contributed by atoms with E-state index >= 15 is 0 Å². The zero-order chi connectivity index (χ0) is 55.0. The van der Waals surface area contributed by atoms with Gasteiger partial charge in [0.1, 0.15) is 35.6 Å². The summed E-state index contributed by atoms with van der Waals surface area (Å²) in [6.07, 6.45) is 5.74. The molecule has 0 aromatic heterocycles. The number of hydrogen-bond acceptors (Lipinski definition) is 16. The van der Waals surface area contributed by atoms with E-state index in [0.717, 1.165) is 5.57 Å². The second kappa shape index (κ2) is 29.4. The highest BCUT2D eigenvalue weighted by atomic mass is 16.6. The summed E-state index contributed by atoms with van der Waals surface area (Å²) in [5.41, 5.74) is -0.371. The molecule has 1 amide bonds.